The molecule has 7 nitrogen and oxygen atoms in total. The Balaban J connectivity index is 2.17. The van der Waals surface area contributed by atoms with Gasteiger partial charge in [0.15, 0.2) is 0 Å². The Morgan fingerprint density at radius 3 is 2.31 bits per heavy atom. The molecule has 136 valence electrons. The van der Waals surface area contributed by atoms with Gasteiger partial charge in [0.2, 0.25) is 0 Å². The summed E-state index contributed by atoms with van der Waals surface area (Å²) >= 11 is 1.00. The van der Waals surface area contributed by atoms with Gasteiger partial charge in [0, 0.05) is 5.56 Å². The summed E-state index contributed by atoms with van der Waals surface area (Å²) in [6.45, 7) is 3.92. The Hall–Kier alpha value is -3.05. The number of nitriles is 1. The average Bonchev–Trinajstić information content (AvgIpc) is 2.96. The van der Waals surface area contributed by atoms with E-state index in [-0.39, 0.29) is 28.7 Å². The predicted molar refractivity (Wildman–Crippen MR) is 96.1 cm³/mol. The third kappa shape index (κ3) is 4.32. The maximum Gasteiger partial charge on any atom is 0.348 e. The summed E-state index contributed by atoms with van der Waals surface area (Å²) in [4.78, 5) is 23.9. The first-order chi connectivity index (χ1) is 12.5. The van der Waals surface area contributed by atoms with Crippen molar-refractivity contribution >= 4 is 28.3 Å². The summed E-state index contributed by atoms with van der Waals surface area (Å²) in [7, 11) is 0. The van der Waals surface area contributed by atoms with E-state index in [2.05, 4.69) is 0 Å². The van der Waals surface area contributed by atoms with E-state index < -0.39 is 11.9 Å². The van der Waals surface area contributed by atoms with Gasteiger partial charge in [0.1, 0.15) is 28.3 Å². The van der Waals surface area contributed by atoms with Crippen LogP contribution < -0.4 is 10.5 Å². The molecule has 1 aromatic heterocycles. The summed E-state index contributed by atoms with van der Waals surface area (Å²) in [6.07, 6.45) is 0. The number of thiophene rings is 1. The van der Waals surface area contributed by atoms with Crippen molar-refractivity contribution in [1.29, 1.82) is 5.26 Å². The van der Waals surface area contributed by atoms with Crippen LogP contribution in [0.5, 0.6) is 5.75 Å². The second-order valence-corrected chi connectivity index (χ2v) is 6.07. The van der Waals surface area contributed by atoms with Crippen LogP contribution in [-0.2, 0) is 16.1 Å². The van der Waals surface area contributed by atoms with Crippen molar-refractivity contribution in [3.8, 4) is 11.8 Å². The number of carbonyl (C=O) groups excluding carboxylic acids is 2. The molecule has 0 fully saturated rings. The molecule has 0 aliphatic carbocycles. The maximum atomic E-state index is 12.1. The lowest BCUT2D eigenvalue weighted by molar-refractivity contribution is 0.0517. The average molecular weight is 374 g/mol. The molecule has 2 aromatic rings. The Labute approximate surface area is 154 Å². The number of ether oxygens (including phenoxy) is 3. The second kappa shape index (κ2) is 8.87. The molecule has 0 atom stereocenters. The highest BCUT2D eigenvalue weighted by Gasteiger charge is 2.23. The first-order valence-corrected chi connectivity index (χ1v) is 8.71. The fourth-order valence-electron chi connectivity index (χ4n) is 2.16. The third-order valence-corrected chi connectivity index (χ3v) is 4.40. The van der Waals surface area contributed by atoms with Gasteiger partial charge in [-0.2, -0.15) is 5.26 Å². The zero-order valence-corrected chi connectivity index (χ0v) is 15.2. The minimum Gasteiger partial charge on any atom is -0.489 e. The molecule has 0 saturated carbocycles. The molecule has 0 bridgehead atoms. The van der Waals surface area contributed by atoms with Crippen molar-refractivity contribution in [2.45, 2.75) is 20.5 Å². The molecule has 1 aromatic carbocycles. The van der Waals surface area contributed by atoms with Gasteiger partial charge in [0.25, 0.3) is 0 Å². The van der Waals surface area contributed by atoms with Crippen molar-refractivity contribution in [3.63, 3.8) is 0 Å². The number of nitrogens with zero attached hydrogens (tertiary/aromatic N) is 1. The van der Waals surface area contributed by atoms with Gasteiger partial charge in [0.05, 0.1) is 24.3 Å². The molecule has 26 heavy (non-hydrogen) atoms. The minimum absolute atomic E-state index is 0.0243. The van der Waals surface area contributed by atoms with Crippen LogP contribution in [0.25, 0.3) is 0 Å². The largest absolute Gasteiger partial charge is 0.489 e. The molecule has 0 unspecified atom stereocenters. The number of hydrogen-bond acceptors (Lipinski definition) is 8. The van der Waals surface area contributed by atoms with Gasteiger partial charge >= 0.3 is 11.9 Å². The molecule has 0 spiro atoms. The molecule has 1 heterocycles. The van der Waals surface area contributed by atoms with E-state index in [1.165, 1.54) is 0 Å². The first-order valence-electron chi connectivity index (χ1n) is 7.90. The normalized spacial score (nSPS) is 10.0. The van der Waals surface area contributed by atoms with Gasteiger partial charge in [-0.1, -0.05) is 0 Å². The molecule has 0 radical (unpaired) electrons. The van der Waals surface area contributed by atoms with Crippen molar-refractivity contribution < 1.29 is 23.8 Å². The van der Waals surface area contributed by atoms with Crippen molar-refractivity contribution in [2.24, 2.45) is 0 Å². The van der Waals surface area contributed by atoms with E-state index in [0.29, 0.717) is 23.5 Å². The standard InChI is InChI=1S/C18H18N2O5S/c1-3-23-17(21)11-5-7-12(8-6-11)25-10-14-13(9-19)16(20)26-15(14)18(22)24-4-2/h5-8H,3-4,10,20H2,1-2H3. The number of nitrogens with two attached hydrogens (primary N) is 1. The topological polar surface area (TPSA) is 112 Å². The fraction of sp³-hybridized carbons (Fsp3) is 0.278. The molecular weight excluding hydrogens is 356 g/mol. The van der Waals surface area contributed by atoms with Crippen LogP contribution in [0.3, 0.4) is 0 Å². The van der Waals surface area contributed by atoms with Crippen LogP contribution in [0.15, 0.2) is 24.3 Å². The van der Waals surface area contributed by atoms with E-state index in [9.17, 15) is 14.9 Å². The number of esters is 2. The van der Waals surface area contributed by atoms with Gasteiger partial charge in [-0.05, 0) is 38.1 Å². The highest BCUT2D eigenvalue weighted by molar-refractivity contribution is 7.18. The summed E-state index contributed by atoms with van der Waals surface area (Å²) < 4.78 is 15.6. The Morgan fingerprint density at radius 1 is 1.12 bits per heavy atom. The summed E-state index contributed by atoms with van der Waals surface area (Å²) in [6, 6.07) is 8.36. The molecule has 2 N–H and O–H groups in total. The third-order valence-electron chi connectivity index (χ3n) is 3.36. The monoisotopic (exact) mass is 374 g/mol. The van der Waals surface area contributed by atoms with E-state index in [4.69, 9.17) is 19.9 Å². The van der Waals surface area contributed by atoms with E-state index in [1.54, 1.807) is 38.1 Å². The second-order valence-electron chi connectivity index (χ2n) is 5.01. The minimum atomic E-state index is -0.540. The van der Waals surface area contributed by atoms with E-state index in [0.717, 1.165) is 11.3 Å². The van der Waals surface area contributed by atoms with Crippen LogP contribution in [0.1, 0.15) is 45.0 Å². The van der Waals surface area contributed by atoms with Gasteiger partial charge in [-0.3, -0.25) is 0 Å². The Kier molecular flexibility index (Phi) is 6.58. The van der Waals surface area contributed by atoms with Crippen LogP contribution in [0.4, 0.5) is 5.00 Å². The molecule has 8 heteroatoms. The highest BCUT2D eigenvalue weighted by atomic mass is 32.1. The van der Waals surface area contributed by atoms with Crippen molar-refractivity contribution in [2.75, 3.05) is 18.9 Å². The van der Waals surface area contributed by atoms with Crippen LogP contribution in [0.2, 0.25) is 0 Å². The molecule has 0 amide bonds. The summed E-state index contributed by atoms with van der Waals surface area (Å²) in [5.74, 6) is -0.482. The van der Waals surface area contributed by atoms with Crippen molar-refractivity contribution in [1.82, 2.24) is 0 Å². The highest BCUT2D eigenvalue weighted by Crippen LogP contribution is 2.32. The lowest BCUT2D eigenvalue weighted by Crippen LogP contribution is -2.08. The van der Waals surface area contributed by atoms with E-state index >= 15 is 0 Å². The lowest BCUT2D eigenvalue weighted by Gasteiger charge is -2.08. The lowest BCUT2D eigenvalue weighted by atomic mass is 10.1. The predicted octanol–water partition coefficient (Wildman–Crippen LogP) is 3.13. The quantitative estimate of drug-likeness (QED) is 0.741. The molecular formula is C18H18N2O5S. The van der Waals surface area contributed by atoms with Crippen molar-refractivity contribution in [3.05, 3.63) is 45.8 Å². The number of nitrogen functional groups attached to an aromatic ring is 1. The smallest absolute Gasteiger partial charge is 0.348 e. The molecule has 0 aliphatic heterocycles. The number of benzene rings is 1. The SMILES string of the molecule is CCOC(=O)c1ccc(OCc2c(C(=O)OCC)sc(N)c2C#N)cc1. The Morgan fingerprint density at radius 2 is 1.73 bits per heavy atom. The zero-order valence-electron chi connectivity index (χ0n) is 14.4. The molecule has 0 saturated heterocycles. The van der Waals surface area contributed by atoms with Gasteiger partial charge < -0.3 is 19.9 Å². The molecule has 2 rings (SSSR count). The molecule has 0 aliphatic rings. The van der Waals surface area contributed by atoms with Gasteiger partial charge in [-0.25, -0.2) is 9.59 Å². The fourth-order valence-corrected chi connectivity index (χ4v) is 3.08. The number of rotatable bonds is 7. The zero-order chi connectivity index (χ0) is 19.1. The number of carbonyl (C=O) groups is 2. The van der Waals surface area contributed by atoms with Crippen LogP contribution in [0, 0.1) is 11.3 Å². The van der Waals surface area contributed by atoms with Crippen LogP contribution >= 0.6 is 11.3 Å². The Bertz CT molecular complexity index is 837. The van der Waals surface area contributed by atoms with Gasteiger partial charge in [-0.15, -0.1) is 11.3 Å². The summed E-state index contributed by atoms with van der Waals surface area (Å²) in [5.41, 5.74) is 6.83. The maximum absolute atomic E-state index is 12.1. The van der Waals surface area contributed by atoms with E-state index in [1.807, 2.05) is 6.07 Å². The van der Waals surface area contributed by atoms with Crippen LogP contribution in [-0.4, -0.2) is 25.2 Å². The number of anilines is 1. The first kappa shape index (κ1) is 19.3. The summed E-state index contributed by atoms with van der Waals surface area (Å²) in [5, 5.41) is 9.53. The number of hydrogen-bond donors (Lipinski definition) is 1.